The molecule has 0 saturated carbocycles. The van der Waals surface area contributed by atoms with Crippen molar-refractivity contribution in [2.75, 3.05) is 17.2 Å². The summed E-state index contributed by atoms with van der Waals surface area (Å²) in [6.07, 6.45) is -10.5. The molecule has 0 aliphatic heterocycles. The molecule has 3 aromatic rings. The minimum absolute atomic E-state index is 0.130. The molecule has 14 heteroatoms. The lowest BCUT2D eigenvalue weighted by molar-refractivity contribution is -0.158. The van der Waals surface area contributed by atoms with Gasteiger partial charge in [0.05, 0.1) is 23.4 Å². The Balaban J connectivity index is 1.89. The van der Waals surface area contributed by atoms with E-state index in [2.05, 4.69) is 9.72 Å². The number of alkyl halides is 6. The van der Waals surface area contributed by atoms with Crippen molar-refractivity contribution in [3.63, 3.8) is 0 Å². The molecule has 2 aromatic carbocycles. The number of anilines is 2. The van der Waals surface area contributed by atoms with E-state index < -0.39 is 65.9 Å². The van der Waals surface area contributed by atoms with E-state index in [1.54, 1.807) is 36.6 Å². The number of hydrogen-bond acceptors (Lipinski definition) is 5. The zero-order chi connectivity index (χ0) is 30.5. The van der Waals surface area contributed by atoms with Gasteiger partial charge >= 0.3 is 18.4 Å². The first-order valence-corrected chi connectivity index (χ1v) is 11.9. The zero-order valence-corrected chi connectivity index (χ0v) is 21.5. The van der Waals surface area contributed by atoms with E-state index in [0.717, 1.165) is 16.8 Å². The number of carboxylic acid groups (broad SMARTS) is 1. The molecule has 0 fully saturated rings. The van der Waals surface area contributed by atoms with Crippen LogP contribution in [0.25, 0.3) is 11.1 Å². The summed E-state index contributed by atoms with van der Waals surface area (Å²) in [4.78, 5) is 41.0. The number of benzene rings is 2. The molecule has 8 nitrogen and oxygen atoms in total. The highest BCUT2D eigenvalue weighted by molar-refractivity contribution is 6.12. The van der Waals surface area contributed by atoms with E-state index in [1.165, 1.54) is 6.07 Å². The Bertz CT molecular complexity index is 1470. The lowest BCUT2D eigenvalue weighted by Gasteiger charge is -2.19. The average Bonchev–Trinajstić information content (AvgIpc) is 2.87. The molecule has 1 heterocycles. The Morgan fingerprint density at radius 1 is 0.976 bits per heavy atom. The molecule has 0 unspecified atom stereocenters. The maximum absolute atomic E-state index is 13.6. The minimum Gasteiger partial charge on any atom is -0.483 e. The monoisotopic (exact) mass is 583 g/mol. The highest BCUT2D eigenvalue weighted by Crippen LogP contribution is 2.42. The number of rotatable bonds is 9. The van der Waals surface area contributed by atoms with Crippen molar-refractivity contribution in [2.24, 2.45) is 0 Å². The summed E-state index contributed by atoms with van der Waals surface area (Å²) < 4.78 is 82.7. The van der Waals surface area contributed by atoms with Crippen LogP contribution in [0.5, 0.6) is 5.75 Å². The lowest BCUT2D eigenvalue weighted by atomic mass is 9.96. The fourth-order valence-corrected chi connectivity index (χ4v) is 3.84. The zero-order valence-electron chi connectivity index (χ0n) is 21.5. The first kappa shape index (κ1) is 30.9. The van der Waals surface area contributed by atoms with Crippen LogP contribution in [0, 0.1) is 6.92 Å². The van der Waals surface area contributed by atoms with Crippen LogP contribution in [0.1, 0.15) is 40.5 Å². The van der Waals surface area contributed by atoms with Gasteiger partial charge in [-0.1, -0.05) is 25.1 Å². The highest BCUT2D eigenvalue weighted by atomic mass is 19.4. The topological polar surface area (TPSA) is 118 Å². The minimum atomic E-state index is -5.24. The van der Waals surface area contributed by atoms with Crippen LogP contribution < -0.4 is 15.4 Å². The lowest BCUT2D eigenvalue weighted by Crippen LogP contribution is -2.22. The normalized spacial score (nSPS) is 11.6. The number of pyridine rings is 1. The Morgan fingerprint density at radius 3 is 2.27 bits per heavy atom. The summed E-state index contributed by atoms with van der Waals surface area (Å²) in [5, 5.41) is 12.8. The summed E-state index contributed by atoms with van der Waals surface area (Å²) in [5.74, 6) is -3.11. The Labute approximate surface area is 229 Å². The quantitative estimate of drug-likeness (QED) is 0.144. The van der Waals surface area contributed by atoms with Gasteiger partial charge in [-0.15, -0.1) is 0 Å². The molecule has 0 atom stereocenters. The van der Waals surface area contributed by atoms with Crippen molar-refractivity contribution in [3.05, 3.63) is 71.0 Å². The number of halogens is 6. The van der Waals surface area contributed by atoms with Crippen molar-refractivity contribution in [3.8, 4) is 16.9 Å². The first-order valence-electron chi connectivity index (χ1n) is 11.9. The molecule has 2 amide bonds. The van der Waals surface area contributed by atoms with Crippen LogP contribution in [0.2, 0.25) is 0 Å². The molecule has 0 spiro atoms. The molecule has 0 saturated heterocycles. The smallest absolute Gasteiger partial charge is 0.422 e. The summed E-state index contributed by atoms with van der Waals surface area (Å²) in [7, 11) is 0. The van der Waals surface area contributed by atoms with E-state index in [0.29, 0.717) is 18.1 Å². The van der Waals surface area contributed by atoms with Crippen LogP contribution in [-0.4, -0.2) is 40.7 Å². The Morgan fingerprint density at radius 2 is 1.66 bits per heavy atom. The second kappa shape index (κ2) is 12.3. The third-order valence-corrected chi connectivity index (χ3v) is 5.65. The van der Waals surface area contributed by atoms with E-state index in [4.69, 9.17) is 5.11 Å². The number of ether oxygens (including phenoxy) is 1. The number of carbonyl (C=O) groups is 3. The van der Waals surface area contributed by atoms with Gasteiger partial charge in [0.25, 0.3) is 0 Å². The number of hydrogen-bond donors (Lipinski definition) is 3. The van der Waals surface area contributed by atoms with Crippen LogP contribution in [0.15, 0.2) is 48.7 Å². The van der Waals surface area contributed by atoms with Crippen molar-refractivity contribution in [1.82, 2.24) is 4.98 Å². The molecule has 218 valence electrons. The SMILES string of the molecule is CCc1cnc(C)cc1-c1cccc(C(=O)CC(=O)Nc2cc(C(F)(F)F)c(OCC(F)(F)F)cc2NC(=O)O)c1. The number of nitrogens with zero attached hydrogens (tertiary/aromatic N) is 1. The predicted octanol–water partition coefficient (Wildman–Crippen LogP) is 6.88. The van der Waals surface area contributed by atoms with Crippen LogP contribution >= 0.6 is 0 Å². The third-order valence-electron chi connectivity index (χ3n) is 5.65. The van der Waals surface area contributed by atoms with Gasteiger partial charge in [-0.3, -0.25) is 19.9 Å². The molecule has 0 bridgehead atoms. The molecule has 3 N–H and O–H groups in total. The largest absolute Gasteiger partial charge is 0.483 e. The van der Waals surface area contributed by atoms with Crippen molar-refractivity contribution >= 4 is 29.2 Å². The number of aromatic nitrogens is 1. The first-order chi connectivity index (χ1) is 19.1. The standard InChI is InChI=1S/C27H23F6N3O5/c1-3-15-12-34-14(2)7-18(15)16-5-4-6-17(8-16)22(37)11-24(38)35-20-9-19(27(31,32)33)23(41-13-26(28,29)30)10-21(20)36-25(39)40/h4-10,12,36H,3,11,13H2,1-2H3,(H,35,38)(H,39,40). The van der Waals surface area contributed by atoms with E-state index >= 15 is 0 Å². The predicted molar refractivity (Wildman–Crippen MR) is 136 cm³/mol. The van der Waals surface area contributed by atoms with E-state index in [9.17, 15) is 40.7 Å². The maximum atomic E-state index is 13.6. The molecule has 1 aromatic heterocycles. The molecule has 0 radical (unpaired) electrons. The second-order valence-corrected chi connectivity index (χ2v) is 8.79. The van der Waals surface area contributed by atoms with Gasteiger partial charge in [0.2, 0.25) is 5.91 Å². The fraction of sp³-hybridized carbons (Fsp3) is 0.259. The van der Waals surface area contributed by atoms with Gasteiger partial charge < -0.3 is 15.2 Å². The Kier molecular flexibility index (Phi) is 9.25. The van der Waals surface area contributed by atoms with Gasteiger partial charge in [0.15, 0.2) is 12.4 Å². The number of Topliss-reactive ketones (excluding diaryl/α,β-unsaturated/α-hetero) is 1. The molecule has 41 heavy (non-hydrogen) atoms. The Hall–Kier alpha value is -4.62. The number of amides is 2. The third kappa shape index (κ3) is 8.43. The van der Waals surface area contributed by atoms with Gasteiger partial charge in [-0.05, 0) is 48.2 Å². The van der Waals surface area contributed by atoms with Gasteiger partial charge in [0, 0.05) is 23.5 Å². The summed E-state index contributed by atoms with van der Waals surface area (Å²) in [6.45, 7) is 1.65. The summed E-state index contributed by atoms with van der Waals surface area (Å²) in [6, 6.07) is 8.78. The van der Waals surface area contributed by atoms with Crippen LogP contribution in [-0.2, 0) is 17.4 Å². The summed E-state index contributed by atoms with van der Waals surface area (Å²) in [5.41, 5.74) is 0.144. The number of aryl methyl sites for hydroxylation is 2. The average molecular weight is 583 g/mol. The number of nitrogens with one attached hydrogen (secondary N) is 2. The molecular weight excluding hydrogens is 560 g/mol. The van der Waals surface area contributed by atoms with E-state index in [-0.39, 0.29) is 11.6 Å². The molecular formula is C27H23F6N3O5. The van der Waals surface area contributed by atoms with Gasteiger partial charge in [-0.25, -0.2) is 4.79 Å². The maximum Gasteiger partial charge on any atom is 0.422 e. The van der Waals surface area contributed by atoms with Gasteiger partial charge in [0.1, 0.15) is 5.75 Å². The van der Waals surface area contributed by atoms with Crippen molar-refractivity contribution in [2.45, 2.75) is 39.0 Å². The number of carbonyl (C=O) groups excluding carboxylic acids is 2. The van der Waals surface area contributed by atoms with Crippen molar-refractivity contribution < 1.29 is 50.6 Å². The van der Waals surface area contributed by atoms with Crippen molar-refractivity contribution in [1.29, 1.82) is 0 Å². The molecule has 0 aliphatic carbocycles. The van der Waals surface area contributed by atoms with E-state index in [1.807, 2.05) is 18.3 Å². The van der Waals surface area contributed by atoms with Crippen LogP contribution in [0.3, 0.4) is 0 Å². The number of ketones is 1. The van der Waals surface area contributed by atoms with Crippen LogP contribution in [0.4, 0.5) is 42.5 Å². The molecule has 0 aliphatic rings. The highest BCUT2D eigenvalue weighted by Gasteiger charge is 2.37. The van der Waals surface area contributed by atoms with Gasteiger partial charge in [-0.2, -0.15) is 26.3 Å². The summed E-state index contributed by atoms with van der Waals surface area (Å²) >= 11 is 0. The second-order valence-electron chi connectivity index (χ2n) is 8.79. The molecule has 3 rings (SSSR count). The fourth-order valence-electron chi connectivity index (χ4n) is 3.84.